The molecular weight excluding hydrogens is 433 g/mol. The van der Waals surface area contributed by atoms with Gasteiger partial charge in [-0.1, -0.05) is 57.3 Å². The van der Waals surface area contributed by atoms with Gasteiger partial charge in [0.2, 0.25) is 0 Å². The second kappa shape index (κ2) is 9.01. The summed E-state index contributed by atoms with van der Waals surface area (Å²) in [5.74, 6) is -0.132. The van der Waals surface area contributed by atoms with E-state index < -0.39 is 6.10 Å². The van der Waals surface area contributed by atoms with Crippen molar-refractivity contribution in [1.82, 2.24) is 4.98 Å². The van der Waals surface area contributed by atoms with Crippen LogP contribution in [0, 0.1) is 0 Å². The summed E-state index contributed by atoms with van der Waals surface area (Å²) in [4.78, 5) is 4.13. The van der Waals surface area contributed by atoms with Crippen LogP contribution in [0.2, 0.25) is 10.0 Å². The Morgan fingerprint density at radius 3 is 2.23 bits per heavy atom. The molecule has 5 heteroatoms. The van der Waals surface area contributed by atoms with Crippen LogP contribution in [0.4, 0.5) is 0 Å². The van der Waals surface area contributed by atoms with E-state index in [-0.39, 0.29) is 5.92 Å². The van der Waals surface area contributed by atoms with Crippen LogP contribution in [-0.4, -0.2) is 16.2 Å². The Morgan fingerprint density at radius 2 is 1.62 bits per heavy atom. The van der Waals surface area contributed by atoms with Crippen LogP contribution < -0.4 is 0 Å². The Bertz CT molecular complexity index is 835. The highest BCUT2D eigenvalue weighted by Gasteiger charge is 2.23. The number of benzene rings is 2. The fourth-order valence-corrected chi connectivity index (χ4v) is 3.85. The van der Waals surface area contributed by atoms with Gasteiger partial charge in [0.15, 0.2) is 0 Å². The number of pyridine rings is 1. The maximum atomic E-state index is 11.0. The van der Waals surface area contributed by atoms with Gasteiger partial charge in [0.05, 0.1) is 6.10 Å². The van der Waals surface area contributed by atoms with Crippen molar-refractivity contribution in [1.29, 1.82) is 0 Å². The highest BCUT2D eigenvalue weighted by atomic mass is 79.9. The quantitative estimate of drug-likeness (QED) is 0.493. The zero-order chi connectivity index (χ0) is 18.5. The highest BCUT2D eigenvalue weighted by molar-refractivity contribution is 9.10. The summed E-state index contributed by atoms with van der Waals surface area (Å²) in [6.45, 7) is 0. The van der Waals surface area contributed by atoms with Crippen molar-refractivity contribution < 1.29 is 5.11 Å². The largest absolute Gasteiger partial charge is 0.392 e. The number of aromatic nitrogens is 1. The summed E-state index contributed by atoms with van der Waals surface area (Å²) in [5, 5.41) is 12.1. The molecule has 0 radical (unpaired) electrons. The Balaban J connectivity index is 1.90. The highest BCUT2D eigenvalue weighted by Crippen LogP contribution is 2.31. The molecule has 2 aromatic carbocycles. The lowest BCUT2D eigenvalue weighted by Crippen LogP contribution is -2.23. The number of hydrogen-bond acceptors (Lipinski definition) is 2. The maximum Gasteiger partial charge on any atom is 0.0652 e. The number of halogens is 3. The molecule has 0 aliphatic rings. The molecule has 0 fully saturated rings. The van der Waals surface area contributed by atoms with Crippen molar-refractivity contribution in [2.75, 3.05) is 0 Å². The average Bonchev–Trinajstić information content (AvgIpc) is 2.61. The molecule has 26 heavy (non-hydrogen) atoms. The van der Waals surface area contributed by atoms with E-state index in [0.29, 0.717) is 22.9 Å². The van der Waals surface area contributed by atoms with Crippen molar-refractivity contribution in [3.05, 3.63) is 98.2 Å². The molecule has 1 heterocycles. The molecule has 0 saturated carbocycles. The average molecular weight is 451 g/mol. The van der Waals surface area contributed by atoms with Crippen LogP contribution in [0.5, 0.6) is 0 Å². The van der Waals surface area contributed by atoms with E-state index in [1.807, 2.05) is 36.4 Å². The third-order valence-electron chi connectivity index (χ3n) is 4.31. The summed E-state index contributed by atoms with van der Waals surface area (Å²) in [5.41, 5.74) is 3.07. The maximum absolute atomic E-state index is 11.0. The lowest BCUT2D eigenvalue weighted by Gasteiger charge is -2.24. The molecule has 3 rings (SSSR count). The van der Waals surface area contributed by atoms with E-state index in [9.17, 15) is 5.11 Å². The van der Waals surface area contributed by atoms with Crippen LogP contribution in [-0.2, 0) is 12.8 Å². The van der Waals surface area contributed by atoms with Gasteiger partial charge in [0.25, 0.3) is 0 Å². The van der Waals surface area contributed by atoms with Crippen molar-refractivity contribution in [2.45, 2.75) is 24.9 Å². The van der Waals surface area contributed by atoms with E-state index in [4.69, 9.17) is 23.2 Å². The van der Waals surface area contributed by atoms with Gasteiger partial charge in [-0.25, -0.2) is 0 Å². The molecule has 0 saturated heterocycles. The molecule has 0 amide bonds. The Kier molecular flexibility index (Phi) is 6.71. The molecule has 134 valence electrons. The first-order chi connectivity index (χ1) is 12.5. The monoisotopic (exact) mass is 449 g/mol. The summed E-state index contributed by atoms with van der Waals surface area (Å²) in [6.07, 6.45) is 4.12. The fraction of sp³-hybridized carbons (Fsp3) is 0.190. The van der Waals surface area contributed by atoms with Crippen LogP contribution >= 0.6 is 39.1 Å². The first-order valence-corrected chi connectivity index (χ1v) is 9.83. The van der Waals surface area contributed by atoms with Gasteiger partial charge in [-0.3, -0.25) is 4.98 Å². The molecule has 1 aromatic heterocycles. The molecule has 3 aromatic rings. The molecule has 2 atom stereocenters. The van der Waals surface area contributed by atoms with Crippen LogP contribution in [0.15, 0.2) is 71.5 Å². The van der Waals surface area contributed by atoms with E-state index >= 15 is 0 Å². The predicted molar refractivity (Wildman–Crippen MR) is 111 cm³/mol. The Morgan fingerprint density at radius 1 is 0.923 bits per heavy atom. The SMILES string of the molecule is O[C@H](Cc1cccnc1)[C@@H](Cc1ccc(Br)cc1)c1cc(Cl)cc(Cl)c1. The molecule has 0 unspecified atom stereocenters. The molecule has 0 spiro atoms. The predicted octanol–water partition coefficient (Wildman–Crippen LogP) is 6.08. The third-order valence-corrected chi connectivity index (χ3v) is 5.28. The summed E-state index contributed by atoms with van der Waals surface area (Å²) < 4.78 is 1.03. The van der Waals surface area contributed by atoms with Gasteiger partial charge in [-0.05, 0) is 59.5 Å². The first-order valence-electron chi connectivity index (χ1n) is 8.28. The van der Waals surface area contributed by atoms with Crippen molar-refractivity contribution in [3.8, 4) is 0 Å². The van der Waals surface area contributed by atoms with Gasteiger partial charge in [-0.15, -0.1) is 0 Å². The molecule has 2 nitrogen and oxygen atoms in total. The second-order valence-corrected chi connectivity index (χ2v) is 8.06. The van der Waals surface area contributed by atoms with Gasteiger partial charge in [0.1, 0.15) is 0 Å². The molecular formula is C21H18BrCl2NO. The summed E-state index contributed by atoms with van der Waals surface area (Å²) >= 11 is 15.9. The number of hydrogen-bond donors (Lipinski definition) is 1. The molecule has 0 aliphatic carbocycles. The van der Waals surface area contributed by atoms with Gasteiger partial charge < -0.3 is 5.11 Å². The fourth-order valence-electron chi connectivity index (χ4n) is 3.04. The van der Waals surface area contributed by atoms with Crippen molar-refractivity contribution in [2.24, 2.45) is 0 Å². The first kappa shape index (κ1) is 19.4. The normalized spacial score (nSPS) is 13.4. The minimum absolute atomic E-state index is 0.132. The topological polar surface area (TPSA) is 33.1 Å². The van der Waals surface area contributed by atoms with Gasteiger partial charge in [0, 0.05) is 39.3 Å². The van der Waals surface area contributed by atoms with E-state index in [1.165, 1.54) is 0 Å². The van der Waals surface area contributed by atoms with Gasteiger partial charge >= 0.3 is 0 Å². The van der Waals surface area contributed by atoms with E-state index in [0.717, 1.165) is 21.2 Å². The minimum atomic E-state index is -0.586. The Hall–Kier alpha value is -1.39. The zero-order valence-corrected chi connectivity index (χ0v) is 17.0. The third kappa shape index (κ3) is 5.31. The number of aliphatic hydroxyl groups is 1. The van der Waals surface area contributed by atoms with Crippen LogP contribution in [0.1, 0.15) is 22.6 Å². The Labute approximate surface area is 171 Å². The second-order valence-electron chi connectivity index (χ2n) is 6.27. The van der Waals surface area contributed by atoms with E-state index in [1.54, 1.807) is 18.5 Å². The summed E-state index contributed by atoms with van der Waals surface area (Å²) in [7, 11) is 0. The lowest BCUT2D eigenvalue weighted by atomic mass is 9.85. The minimum Gasteiger partial charge on any atom is -0.392 e. The lowest BCUT2D eigenvalue weighted by molar-refractivity contribution is 0.142. The molecule has 0 aliphatic heterocycles. The van der Waals surface area contributed by atoms with Gasteiger partial charge in [-0.2, -0.15) is 0 Å². The van der Waals surface area contributed by atoms with Crippen LogP contribution in [0.3, 0.4) is 0 Å². The standard InChI is InChI=1S/C21H18BrCl2NO/c22-17-5-3-14(4-6-17)8-20(16-10-18(23)12-19(24)11-16)21(26)9-15-2-1-7-25-13-15/h1-7,10-13,20-21,26H,8-9H2/t20-,21+/m0/s1. The van der Waals surface area contributed by atoms with Crippen molar-refractivity contribution >= 4 is 39.1 Å². The smallest absolute Gasteiger partial charge is 0.0652 e. The number of aliphatic hydroxyl groups excluding tert-OH is 1. The number of nitrogens with zero attached hydrogens (tertiary/aromatic N) is 1. The summed E-state index contributed by atoms with van der Waals surface area (Å²) in [6, 6.07) is 17.4. The van der Waals surface area contributed by atoms with Crippen molar-refractivity contribution in [3.63, 3.8) is 0 Å². The molecule has 1 N–H and O–H groups in total. The van der Waals surface area contributed by atoms with E-state index in [2.05, 4.69) is 33.0 Å². The van der Waals surface area contributed by atoms with Crippen LogP contribution in [0.25, 0.3) is 0 Å². The molecule has 0 bridgehead atoms. The zero-order valence-electron chi connectivity index (χ0n) is 13.9. The number of rotatable bonds is 6.